The van der Waals surface area contributed by atoms with Gasteiger partial charge in [-0.2, -0.15) is 0 Å². The Hall–Kier alpha value is -1.28. The number of carbonyl (C=O) groups excluding carboxylic acids is 2. The number of carbonyl (C=O) groups is 2. The molecule has 0 saturated carbocycles. The second kappa shape index (κ2) is 6.33. The Bertz CT molecular complexity index is 320. The Morgan fingerprint density at radius 2 is 1.81 bits per heavy atom. The van der Waals surface area contributed by atoms with Crippen LogP contribution in [0, 0.1) is 11.5 Å². The molecule has 0 atom stereocenters. The summed E-state index contributed by atoms with van der Waals surface area (Å²) in [6, 6.07) is 0. The fourth-order valence-corrected chi connectivity index (χ4v) is 1.35. The lowest BCUT2D eigenvalue weighted by Gasteiger charge is -2.08. The topological polar surface area (TPSA) is 46.6 Å². The van der Waals surface area contributed by atoms with E-state index >= 15 is 0 Å². The van der Waals surface area contributed by atoms with Crippen molar-refractivity contribution in [3.63, 3.8) is 0 Å². The molecule has 0 aliphatic rings. The van der Waals surface area contributed by atoms with Crippen molar-refractivity contribution in [1.82, 2.24) is 4.90 Å². The van der Waals surface area contributed by atoms with Crippen molar-refractivity contribution in [1.29, 1.82) is 0 Å². The lowest BCUT2D eigenvalue weighted by atomic mass is 10.4. The van der Waals surface area contributed by atoms with Gasteiger partial charge in [-0.05, 0) is 0 Å². The lowest BCUT2D eigenvalue weighted by Crippen LogP contribution is -2.25. The highest BCUT2D eigenvalue weighted by Crippen LogP contribution is 1.96. The maximum absolute atomic E-state index is 11.2. The van der Waals surface area contributed by atoms with Gasteiger partial charge in [0.15, 0.2) is 6.61 Å². The van der Waals surface area contributed by atoms with Gasteiger partial charge >= 0.3 is 5.97 Å². The molecule has 0 heterocycles. The van der Waals surface area contributed by atoms with Crippen molar-refractivity contribution < 1.29 is 14.3 Å². The van der Waals surface area contributed by atoms with Crippen LogP contribution in [0.3, 0.4) is 0 Å². The van der Waals surface area contributed by atoms with Gasteiger partial charge in [-0.1, -0.05) is 25.6 Å². The average molecular weight is 241 g/mol. The molecule has 0 spiro atoms. The summed E-state index contributed by atoms with van der Waals surface area (Å²) < 4.78 is 4.82. The van der Waals surface area contributed by atoms with Crippen molar-refractivity contribution >= 4 is 20.0 Å². The molecule has 5 heteroatoms. The maximum Gasteiger partial charge on any atom is 0.316 e. The van der Waals surface area contributed by atoms with E-state index in [1.165, 1.54) is 4.90 Å². The molecule has 1 amide bonds. The fraction of sp³-hybridized carbons (Fsp3) is 0.636. The number of rotatable bonds is 3. The van der Waals surface area contributed by atoms with Gasteiger partial charge in [-0.3, -0.25) is 9.59 Å². The molecule has 0 aromatic heterocycles. The smallest absolute Gasteiger partial charge is 0.316 e. The van der Waals surface area contributed by atoms with Crippen LogP contribution in [0.5, 0.6) is 0 Å². The van der Waals surface area contributed by atoms with Gasteiger partial charge in [-0.25, -0.2) is 0 Å². The van der Waals surface area contributed by atoms with Crippen LogP contribution in [0.15, 0.2) is 0 Å². The van der Waals surface area contributed by atoms with Crippen LogP contribution < -0.4 is 0 Å². The molecule has 0 fully saturated rings. The molecule has 0 aromatic carbocycles. The van der Waals surface area contributed by atoms with Crippen LogP contribution in [0.25, 0.3) is 0 Å². The fourth-order valence-electron chi connectivity index (χ4n) is 0.750. The molecule has 0 rings (SSSR count). The summed E-state index contributed by atoms with van der Waals surface area (Å²) in [5.74, 6) is 2.02. The predicted molar refractivity (Wildman–Crippen MR) is 65.4 cm³/mol. The zero-order valence-electron chi connectivity index (χ0n) is 10.6. The van der Waals surface area contributed by atoms with Crippen LogP contribution in [0.1, 0.15) is 6.42 Å². The zero-order valence-corrected chi connectivity index (χ0v) is 11.6. The van der Waals surface area contributed by atoms with Gasteiger partial charge in [0, 0.05) is 14.1 Å². The van der Waals surface area contributed by atoms with E-state index in [4.69, 9.17) is 4.74 Å². The lowest BCUT2D eigenvalue weighted by molar-refractivity contribution is -0.147. The highest BCUT2D eigenvalue weighted by Gasteiger charge is 2.12. The minimum atomic E-state index is -1.41. The third-order valence-corrected chi connectivity index (χ3v) is 2.49. The molecule has 0 bridgehead atoms. The highest BCUT2D eigenvalue weighted by molar-refractivity contribution is 6.83. The minimum Gasteiger partial charge on any atom is -0.452 e. The van der Waals surface area contributed by atoms with Gasteiger partial charge in [0.2, 0.25) is 5.91 Å². The molecule has 0 radical (unpaired) electrons. The summed E-state index contributed by atoms with van der Waals surface area (Å²) >= 11 is 0. The van der Waals surface area contributed by atoms with E-state index in [1.807, 2.05) is 0 Å². The minimum absolute atomic E-state index is 0.0732. The van der Waals surface area contributed by atoms with Crippen LogP contribution in [-0.2, 0) is 14.3 Å². The molecule has 0 saturated heterocycles. The van der Waals surface area contributed by atoms with E-state index in [1.54, 1.807) is 14.1 Å². The van der Waals surface area contributed by atoms with E-state index < -0.39 is 14.0 Å². The summed E-state index contributed by atoms with van der Waals surface area (Å²) in [5, 5.41) is 0. The molecular weight excluding hydrogens is 222 g/mol. The van der Waals surface area contributed by atoms with Gasteiger partial charge in [0.1, 0.15) is 14.5 Å². The largest absolute Gasteiger partial charge is 0.452 e. The summed E-state index contributed by atoms with van der Waals surface area (Å²) in [6.45, 7) is 6.40. The Morgan fingerprint density at radius 1 is 1.25 bits per heavy atom. The summed E-state index contributed by atoms with van der Waals surface area (Å²) in [7, 11) is 1.79. The Morgan fingerprint density at radius 3 is 2.25 bits per heavy atom. The normalized spacial score (nSPS) is 10.1. The summed E-state index contributed by atoms with van der Waals surface area (Å²) in [4.78, 5) is 23.7. The number of esters is 1. The van der Waals surface area contributed by atoms with Crippen molar-refractivity contribution in [2.45, 2.75) is 26.1 Å². The zero-order chi connectivity index (χ0) is 12.8. The first kappa shape index (κ1) is 14.7. The molecule has 16 heavy (non-hydrogen) atoms. The molecule has 0 aliphatic heterocycles. The number of amides is 1. The van der Waals surface area contributed by atoms with Crippen molar-refractivity contribution in [3.05, 3.63) is 0 Å². The maximum atomic E-state index is 11.2. The van der Waals surface area contributed by atoms with Gasteiger partial charge < -0.3 is 9.64 Å². The molecular formula is C11H19NO3Si. The molecule has 0 aliphatic carbocycles. The monoisotopic (exact) mass is 241 g/mol. The number of hydrogen-bond acceptors (Lipinski definition) is 3. The van der Waals surface area contributed by atoms with E-state index in [9.17, 15) is 9.59 Å². The first-order valence-corrected chi connectivity index (χ1v) is 8.58. The van der Waals surface area contributed by atoms with Crippen molar-refractivity contribution in [3.8, 4) is 11.5 Å². The Balaban J connectivity index is 3.91. The average Bonchev–Trinajstić information content (AvgIpc) is 2.10. The molecule has 0 unspecified atom stereocenters. The van der Waals surface area contributed by atoms with Crippen LogP contribution in [0.4, 0.5) is 0 Å². The SMILES string of the molecule is CN(C)C(=O)CC(=O)OCC#C[Si](C)(C)C. The number of nitrogens with zero attached hydrogens (tertiary/aromatic N) is 1. The van der Waals surface area contributed by atoms with E-state index in [0.29, 0.717) is 0 Å². The summed E-state index contributed by atoms with van der Waals surface area (Å²) in [5.41, 5.74) is 3.07. The first-order valence-electron chi connectivity index (χ1n) is 5.08. The van der Waals surface area contributed by atoms with E-state index in [-0.39, 0.29) is 18.9 Å². The number of hydrogen-bond donors (Lipinski definition) is 0. The first-order chi connectivity index (χ1) is 7.22. The summed E-state index contributed by atoms with van der Waals surface area (Å²) in [6.07, 6.45) is -0.221. The third-order valence-electron chi connectivity index (χ3n) is 1.56. The quantitative estimate of drug-likeness (QED) is 0.319. The predicted octanol–water partition coefficient (Wildman–Crippen LogP) is 0.889. The molecule has 4 nitrogen and oxygen atoms in total. The van der Waals surface area contributed by atoms with Gasteiger partial charge in [0.05, 0.1) is 0 Å². The Labute approximate surface area is 98.0 Å². The second-order valence-electron chi connectivity index (χ2n) is 4.68. The standard InChI is InChI=1S/C11H19NO3Si/c1-12(2)10(13)9-11(14)15-7-6-8-16(3,4)5/h7,9H2,1-5H3. The van der Waals surface area contributed by atoms with Crippen LogP contribution in [-0.4, -0.2) is 45.6 Å². The van der Waals surface area contributed by atoms with Crippen molar-refractivity contribution in [2.24, 2.45) is 0 Å². The highest BCUT2D eigenvalue weighted by atomic mass is 28.3. The van der Waals surface area contributed by atoms with Gasteiger partial charge in [0.25, 0.3) is 0 Å². The number of ether oxygens (including phenoxy) is 1. The second-order valence-corrected chi connectivity index (χ2v) is 9.43. The van der Waals surface area contributed by atoms with Crippen molar-refractivity contribution in [2.75, 3.05) is 20.7 Å². The van der Waals surface area contributed by atoms with Crippen LogP contribution in [0.2, 0.25) is 19.6 Å². The third kappa shape index (κ3) is 8.06. The Kier molecular flexibility index (Phi) is 5.82. The molecule has 0 N–H and O–H groups in total. The molecule has 0 aromatic rings. The van der Waals surface area contributed by atoms with Gasteiger partial charge in [-0.15, -0.1) is 5.54 Å². The molecule has 90 valence electrons. The van der Waals surface area contributed by atoms with E-state index in [0.717, 1.165) is 0 Å². The van der Waals surface area contributed by atoms with Crippen LogP contribution >= 0.6 is 0 Å². The van der Waals surface area contributed by atoms with E-state index in [2.05, 4.69) is 31.1 Å².